The number of benzene rings is 2. The summed E-state index contributed by atoms with van der Waals surface area (Å²) in [6, 6.07) is 16.3. The second-order valence-electron chi connectivity index (χ2n) is 6.92. The third-order valence-corrected chi connectivity index (χ3v) is 5.46. The first-order chi connectivity index (χ1) is 13.7. The van der Waals surface area contributed by atoms with E-state index in [1.54, 1.807) is 0 Å². The zero-order valence-electron chi connectivity index (χ0n) is 16.4. The molecule has 1 amide bonds. The molecule has 0 saturated carbocycles. The molecule has 0 saturated heterocycles. The van der Waals surface area contributed by atoms with Crippen LogP contribution in [0.2, 0.25) is 0 Å². The number of hydrogen-bond acceptors (Lipinski definition) is 4. The molecule has 0 heterocycles. The van der Waals surface area contributed by atoms with E-state index in [-0.39, 0.29) is 12.0 Å². The van der Waals surface area contributed by atoms with Gasteiger partial charge in [0, 0.05) is 5.92 Å². The minimum absolute atomic E-state index is 0.0473. The van der Waals surface area contributed by atoms with Crippen molar-refractivity contribution in [3.8, 4) is 11.1 Å². The van der Waals surface area contributed by atoms with Gasteiger partial charge in [-0.15, -0.1) is 0 Å². The number of carbonyl (C=O) groups is 1. The van der Waals surface area contributed by atoms with Crippen molar-refractivity contribution in [2.75, 3.05) is 13.2 Å². The van der Waals surface area contributed by atoms with Crippen LogP contribution in [0.5, 0.6) is 0 Å². The van der Waals surface area contributed by atoms with Gasteiger partial charge < -0.3 is 14.8 Å². The fourth-order valence-corrected chi connectivity index (χ4v) is 3.98. The molecule has 0 unspecified atom stereocenters. The Morgan fingerprint density at radius 1 is 1.04 bits per heavy atom. The summed E-state index contributed by atoms with van der Waals surface area (Å²) in [6.45, 7) is 4.78. The number of thiocarbonyl (C=S) groups is 1. The van der Waals surface area contributed by atoms with Gasteiger partial charge in [-0.05, 0) is 47.8 Å². The molecule has 28 heavy (non-hydrogen) atoms. The van der Waals surface area contributed by atoms with Crippen LogP contribution in [0.15, 0.2) is 48.5 Å². The van der Waals surface area contributed by atoms with Crippen molar-refractivity contribution in [3.63, 3.8) is 0 Å². The Hall–Kier alpha value is -2.40. The number of rotatable bonds is 8. The lowest BCUT2D eigenvalue weighted by atomic mass is 9.98. The van der Waals surface area contributed by atoms with Gasteiger partial charge in [-0.1, -0.05) is 68.3 Å². The molecule has 1 aliphatic rings. The van der Waals surface area contributed by atoms with Crippen molar-refractivity contribution in [3.05, 3.63) is 59.7 Å². The molecule has 0 spiro atoms. The highest BCUT2D eigenvalue weighted by Gasteiger charge is 2.29. The lowest BCUT2D eigenvalue weighted by Crippen LogP contribution is -2.41. The normalized spacial score (nSPS) is 13.4. The van der Waals surface area contributed by atoms with Crippen molar-refractivity contribution in [1.82, 2.24) is 5.32 Å². The van der Waals surface area contributed by atoms with Crippen molar-refractivity contribution in [2.24, 2.45) is 0 Å². The van der Waals surface area contributed by atoms with Gasteiger partial charge in [0.05, 0.1) is 6.61 Å². The third-order valence-electron chi connectivity index (χ3n) is 5.05. The van der Waals surface area contributed by atoms with Crippen LogP contribution in [-0.2, 0) is 9.47 Å². The maximum Gasteiger partial charge on any atom is 0.407 e. The molecule has 0 fully saturated rings. The van der Waals surface area contributed by atoms with Crippen LogP contribution in [0.1, 0.15) is 50.2 Å². The number of unbranched alkanes of at least 4 members (excludes halogenated alkanes) is 1. The monoisotopic (exact) mass is 397 g/mol. The molecule has 2 aromatic rings. The topological polar surface area (TPSA) is 47.6 Å². The summed E-state index contributed by atoms with van der Waals surface area (Å²) in [4.78, 5) is 12.5. The van der Waals surface area contributed by atoms with Gasteiger partial charge in [-0.3, -0.25) is 0 Å². The second kappa shape index (κ2) is 9.69. The SMILES string of the molecule is CCCC[C@H](NC(=O)OCC1c2ccccc2-c2ccccc21)C(=S)OCC. The van der Waals surface area contributed by atoms with Gasteiger partial charge in [-0.2, -0.15) is 0 Å². The average molecular weight is 398 g/mol. The first kappa shape index (κ1) is 20.3. The summed E-state index contributed by atoms with van der Waals surface area (Å²) >= 11 is 5.31. The summed E-state index contributed by atoms with van der Waals surface area (Å²) in [6.07, 6.45) is 2.28. The van der Waals surface area contributed by atoms with Crippen LogP contribution < -0.4 is 5.32 Å². The lowest BCUT2D eigenvalue weighted by molar-refractivity contribution is 0.139. The van der Waals surface area contributed by atoms with Gasteiger partial charge >= 0.3 is 6.09 Å². The predicted octanol–water partition coefficient (Wildman–Crippen LogP) is 5.45. The van der Waals surface area contributed by atoms with E-state index in [1.165, 1.54) is 22.3 Å². The Labute approximate surface area is 172 Å². The molecular weight excluding hydrogens is 370 g/mol. The second-order valence-corrected chi connectivity index (χ2v) is 7.32. The fraction of sp³-hybridized carbons (Fsp3) is 0.391. The smallest absolute Gasteiger partial charge is 0.407 e. The number of amides is 1. The minimum Gasteiger partial charge on any atom is -0.485 e. The zero-order chi connectivity index (χ0) is 19.9. The summed E-state index contributed by atoms with van der Waals surface area (Å²) < 4.78 is 11.0. The third kappa shape index (κ3) is 4.53. The van der Waals surface area contributed by atoms with E-state index >= 15 is 0 Å². The van der Waals surface area contributed by atoms with Crippen LogP contribution in [0.3, 0.4) is 0 Å². The van der Waals surface area contributed by atoms with Crippen LogP contribution in [-0.4, -0.2) is 30.4 Å². The average Bonchev–Trinajstić information content (AvgIpc) is 3.03. The molecular formula is C23H27NO3S. The van der Waals surface area contributed by atoms with E-state index in [2.05, 4.69) is 36.5 Å². The fourth-order valence-electron chi connectivity index (χ4n) is 3.68. The molecule has 4 nitrogen and oxygen atoms in total. The van der Waals surface area contributed by atoms with E-state index in [1.807, 2.05) is 31.2 Å². The first-order valence-corrected chi connectivity index (χ1v) is 10.3. The predicted molar refractivity (Wildman–Crippen MR) is 116 cm³/mol. The maximum atomic E-state index is 12.5. The molecule has 1 aliphatic carbocycles. The van der Waals surface area contributed by atoms with E-state index in [4.69, 9.17) is 21.7 Å². The maximum absolute atomic E-state index is 12.5. The quantitative estimate of drug-likeness (QED) is 0.602. The Bertz CT molecular complexity index is 791. The Morgan fingerprint density at radius 2 is 1.64 bits per heavy atom. The van der Waals surface area contributed by atoms with E-state index < -0.39 is 6.09 Å². The highest BCUT2D eigenvalue weighted by molar-refractivity contribution is 7.80. The first-order valence-electron chi connectivity index (χ1n) is 9.93. The van der Waals surface area contributed by atoms with Crippen molar-refractivity contribution < 1.29 is 14.3 Å². The summed E-state index contributed by atoms with van der Waals surface area (Å²) in [7, 11) is 0. The summed E-state index contributed by atoms with van der Waals surface area (Å²) in [5, 5.41) is 3.30. The molecule has 1 atom stereocenters. The standard InChI is InChI=1S/C23H27NO3S/c1-3-5-14-21(22(28)26-4-2)24-23(25)27-15-20-18-12-8-6-10-16(18)17-11-7-9-13-19(17)20/h6-13,20-21H,3-5,14-15H2,1-2H3,(H,24,25)/t21-/m0/s1. The zero-order valence-corrected chi connectivity index (χ0v) is 17.3. The number of ether oxygens (including phenoxy) is 2. The Kier molecular flexibility index (Phi) is 7.04. The van der Waals surface area contributed by atoms with Gasteiger partial charge in [-0.25, -0.2) is 4.79 Å². The van der Waals surface area contributed by atoms with Crippen molar-refractivity contribution >= 4 is 23.4 Å². The Morgan fingerprint density at radius 3 is 2.21 bits per heavy atom. The number of fused-ring (bicyclic) bond motifs is 3. The summed E-state index contributed by atoms with van der Waals surface area (Å²) in [5.74, 6) is 0.0473. The highest BCUT2D eigenvalue weighted by Crippen LogP contribution is 2.44. The molecule has 148 valence electrons. The summed E-state index contributed by atoms with van der Waals surface area (Å²) in [5.41, 5.74) is 4.82. The van der Waals surface area contributed by atoms with Crippen molar-refractivity contribution in [1.29, 1.82) is 0 Å². The number of carbonyl (C=O) groups excluding carboxylic acids is 1. The van der Waals surface area contributed by atoms with Crippen LogP contribution in [0.4, 0.5) is 4.79 Å². The minimum atomic E-state index is -0.454. The van der Waals surface area contributed by atoms with Gasteiger partial charge in [0.2, 0.25) is 0 Å². The number of alkyl carbamates (subject to hydrolysis) is 1. The largest absolute Gasteiger partial charge is 0.485 e. The van der Waals surface area contributed by atoms with Crippen LogP contribution in [0.25, 0.3) is 11.1 Å². The Balaban J connectivity index is 1.66. The van der Waals surface area contributed by atoms with E-state index in [0.717, 1.165) is 19.3 Å². The highest BCUT2D eigenvalue weighted by atomic mass is 32.1. The van der Waals surface area contributed by atoms with Crippen LogP contribution >= 0.6 is 12.2 Å². The molecule has 0 radical (unpaired) electrons. The molecule has 0 aliphatic heterocycles. The van der Waals surface area contributed by atoms with Gasteiger partial charge in [0.25, 0.3) is 0 Å². The number of hydrogen-bond donors (Lipinski definition) is 1. The van der Waals surface area contributed by atoms with Gasteiger partial charge in [0.1, 0.15) is 12.6 Å². The molecule has 5 heteroatoms. The van der Waals surface area contributed by atoms with Crippen LogP contribution in [0, 0.1) is 0 Å². The number of nitrogens with one attached hydrogen (secondary N) is 1. The molecule has 0 bridgehead atoms. The van der Waals surface area contributed by atoms with Gasteiger partial charge in [0.15, 0.2) is 5.05 Å². The van der Waals surface area contributed by atoms with E-state index in [9.17, 15) is 4.79 Å². The molecule has 0 aromatic heterocycles. The van der Waals surface area contributed by atoms with E-state index in [0.29, 0.717) is 18.3 Å². The molecule has 3 rings (SSSR count). The van der Waals surface area contributed by atoms with Crippen molar-refractivity contribution in [2.45, 2.75) is 45.1 Å². The lowest BCUT2D eigenvalue weighted by Gasteiger charge is -2.20. The molecule has 2 aromatic carbocycles. The molecule has 1 N–H and O–H groups in total.